The van der Waals surface area contributed by atoms with Crippen LogP contribution in [0, 0.1) is 0 Å². The first-order chi connectivity index (χ1) is 11.5. The van der Waals surface area contributed by atoms with Crippen LogP contribution in [0.2, 0.25) is 0 Å². The Morgan fingerprint density at radius 2 is 1.48 bits per heavy atom. The fraction of sp³-hybridized carbons (Fsp3) is 0.409. The summed E-state index contributed by atoms with van der Waals surface area (Å²) in [6.07, 6.45) is 2.61. The molecule has 0 bridgehead atoms. The van der Waals surface area contributed by atoms with Gasteiger partial charge >= 0.3 is 0 Å². The molecule has 2 aromatic rings. The standard InChI is InChI=1S/C22H29NO2/c1-7-22(5,6)17-9-11-20(25)18(13-17)23-14-15-12-16(21(2,3)4)8-10-19(15)24/h8-14,24-25H,7H2,1-6H3. The highest BCUT2D eigenvalue weighted by molar-refractivity contribution is 5.86. The first kappa shape index (κ1) is 19.0. The van der Waals surface area contributed by atoms with Crippen LogP contribution >= 0.6 is 0 Å². The van der Waals surface area contributed by atoms with Gasteiger partial charge in [0.15, 0.2) is 0 Å². The minimum absolute atomic E-state index is 0.0104. The Hall–Kier alpha value is -2.29. The molecule has 0 aliphatic carbocycles. The number of phenolic OH excluding ortho intramolecular Hbond substituents is 2. The number of hydrogen-bond acceptors (Lipinski definition) is 3. The summed E-state index contributed by atoms with van der Waals surface area (Å²) >= 11 is 0. The molecule has 0 radical (unpaired) electrons. The van der Waals surface area contributed by atoms with Crippen LogP contribution < -0.4 is 0 Å². The molecule has 0 atom stereocenters. The normalized spacial score (nSPS) is 12.7. The lowest BCUT2D eigenvalue weighted by Gasteiger charge is -2.23. The van der Waals surface area contributed by atoms with Gasteiger partial charge in [-0.15, -0.1) is 0 Å². The summed E-state index contributed by atoms with van der Waals surface area (Å²) in [7, 11) is 0. The van der Waals surface area contributed by atoms with E-state index in [1.165, 1.54) is 0 Å². The zero-order chi connectivity index (χ0) is 18.8. The van der Waals surface area contributed by atoms with E-state index in [1.54, 1.807) is 18.3 Å². The Balaban J connectivity index is 2.41. The Labute approximate surface area is 151 Å². The maximum Gasteiger partial charge on any atom is 0.141 e. The van der Waals surface area contributed by atoms with Crippen molar-refractivity contribution in [3.63, 3.8) is 0 Å². The van der Waals surface area contributed by atoms with Gasteiger partial charge in [0, 0.05) is 11.8 Å². The van der Waals surface area contributed by atoms with Gasteiger partial charge in [0.05, 0.1) is 0 Å². The molecule has 0 aliphatic heterocycles. The lowest BCUT2D eigenvalue weighted by Crippen LogP contribution is -2.14. The molecule has 3 nitrogen and oxygen atoms in total. The molecule has 0 saturated heterocycles. The summed E-state index contributed by atoms with van der Waals surface area (Å²) in [4.78, 5) is 4.43. The first-order valence-electron chi connectivity index (χ1n) is 8.75. The Morgan fingerprint density at radius 3 is 2.08 bits per heavy atom. The zero-order valence-corrected chi connectivity index (χ0v) is 16.1. The third kappa shape index (κ3) is 4.41. The molecule has 2 aromatic carbocycles. The summed E-state index contributed by atoms with van der Waals surface area (Å²) in [6.45, 7) is 12.9. The first-order valence-corrected chi connectivity index (χ1v) is 8.75. The highest BCUT2D eigenvalue weighted by Crippen LogP contribution is 2.35. The fourth-order valence-corrected chi connectivity index (χ4v) is 2.52. The van der Waals surface area contributed by atoms with E-state index in [-0.39, 0.29) is 22.3 Å². The average Bonchev–Trinajstić information content (AvgIpc) is 2.54. The Bertz CT molecular complexity index is 783. The van der Waals surface area contributed by atoms with Crippen molar-refractivity contribution in [1.82, 2.24) is 0 Å². The molecule has 134 valence electrons. The van der Waals surface area contributed by atoms with E-state index < -0.39 is 0 Å². The summed E-state index contributed by atoms with van der Waals surface area (Å²) < 4.78 is 0. The van der Waals surface area contributed by atoms with Crippen LogP contribution in [0.4, 0.5) is 5.69 Å². The second-order valence-corrected chi connectivity index (χ2v) is 8.22. The largest absolute Gasteiger partial charge is 0.507 e. The zero-order valence-electron chi connectivity index (χ0n) is 16.1. The molecule has 2 N–H and O–H groups in total. The van der Waals surface area contributed by atoms with E-state index in [4.69, 9.17) is 0 Å². The van der Waals surface area contributed by atoms with Gasteiger partial charge in [-0.2, -0.15) is 0 Å². The quantitative estimate of drug-likeness (QED) is 0.688. The van der Waals surface area contributed by atoms with Gasteiger partial charge in [-0.25, -0.2) is 0 Å². The smallest absolute Gasteiger partial charge is 0.141 e. The van der Waals surface area contributed by atoms with Crippen LogP contribution in [0.25, 0.3) is 0 Å². The summed E-state index contributed by atoms with van der Waals surface area (Å²) in [5, 5.41) is 20.2. The molecular weight excluding hydrogens is 310 g/mol. The molecule has 0 heterocycles. The SMILES string of the molecule is CCC(C)(C)c1ccc(O)c(N=Cc2cc(C(C)(C)C)ccc2O)c1. The highest BCUT2D eigenvalue weighted by atomic mass is 16.3. The second-order valence-electron chi connectivity index (χ2n) is 8.22. The van der Waals surface area contributed by atoms with Gasteiger partial charge in [-0.3, -0.25) is 4.99 Å². The third-order valence-corrected chi connectivity index (χ3v) is 4.88. The van der Waals surface area contributed by atoms with Gasteiger partial charge in [0.25, 0.3) is 0 Å². The molecule has 0 fully saturated rings. The van der Waals surface area contributed by atoms with Crippen molar-refractivity contribution >= 4 is 11.9 Å². The lowest BCUT2D eigenvalue weighted by atomic mass is 9.82. The van der Waals surface area contributed by atoms with Gasteiger partial charge in [0.1, 0.15) is 17.2 Å². The topological polar surface area (TPSA) is 52.8 Å². The maximum absolute atomic E-state index is 10.1. The van der Waals surface area contributed by atoms with E-state index in [9.17, 15) is 10.2 Å². The number of phenols is 2. The Morgan fingerprint density at radius 1 is 0.880 bits per heavy atom. The number of aliphatic imine (C=N–C) groups is 1. The molecule has 25 heavy (non-hydrogen) atoms. The van der Waals surface area contributed by atoms with Crippen molar-refractivity contribution in [3.8, 4) is 11.5 Å². The predicted octanol–water partition coefficient (Wildman–Crippen LogP) is 5.83. The van der Waals surface area contributed by atoms with E-state index in [0.717, 1.165) is 17.5 Å². The van der Waals surface area contributed by atoms with Crippen LogP contribution in [0.3, 0.4) is 0 Å². The van der Waals surface area contributed by atoms with Crippen LogP contribution in [0.5, 0.6) is 11.5 Å². The van der Waals surface area contributed by atoms with E-state index in [2.05, 4.69) is 46.5 Å². The third-order valence-electron chi connectivity index (χ3n) is 4.88. The van der Waals surface area contributed by atoms with Gasteiger partial charge < -0.3 is 10.2 Å². The summed E-state index contributed by atoms with van der Waals surface area (Å²) in [5.74, 6) is 0.319. The lowest BCUT2D eigenvalue weighted by molar-refractivity contribution is 0.471. The second kappa shape index (κ2) is 6.91. The Kier molecular flexibility index (Phi) is 5.26. The van der Waals surface area contributed by atoms with Crippen molar-refractivity contribution in [3.05, 3.63) is 53.1 Å². The predicted molar refractivity (Wildman–Crippen MR) is 105 cm³/mol. The highest BCUT2D eigenvalue weighted by Gasteiger charge is 2.19. The molecular formula is C22H29NO2. The molecule has 0 aromatic heterocycles. The van der Waals surface area contributed by atoms with Gasteiger partial charge in [-0.1, -0.05) is 53.7 Å². The molecule has 3 heteroatoms. The van der Waals surface area contributed by atoms with Gasteiger partial charge in [0.2, 0.25) is 0 Å². The molecule has 0 spiro atoms. The van der Waals surface area contributed by atoms with Crippen LogP contribution in [-0.4, -0.2) is 16.4 Å². The maximum atomic E-state index is 10.1. The van der Waals surface area contributed by atoms with Gasteiger partial charge in [-0.05, 0) is 52.6 Å². The molecule has 0 unspecified atom stereocenters. The van der Waals surface area contributed by atoms with E-state index in [1.807, 2.05) is 24.3 Å². The number of rotatable bonds is 4. The minimum Gasteiger partial charge on any atom is -0.507 e. The number of nitrogens with zero attached hydrogens (tertiary/aromatic N) is 1. The number of hydrogen-bond donors (Lipinski definition) is 2. The molecule has 2 rings (SSSR count). The number of benzene rings is 2. The van der Waals surface area contributed by atoms with Crippen LogP contribution in [-0.2, 0) is 10.8 Å². The molecule has 0 aliphatic rings. The molecule has 0 saturated carbocycles. The minimum atomic E-state index is -0.0104. The van der Waals surface area contributed by atoms with Crippen molar-refractivity contribution in [2.24, 2.45) is 4.99 Å². The van der Waals surface area contributed by atoms with E-state index in [0.29, 0.717) is 11.3 Å². The monoisotopic (exact) mass is 339 g/mol. The summed E-state index contributed by atoms with van der Waals surface area (Å²) in [5.41, 5.74) is 3.42. The molecule has 0 amide bonds. The number of aromatic hydroxyl groups is 2. The summed E-state index contributed by atoms with van der Waals surface area (Å²) in [6, 6.07) is 11.1. The van der Waals surface area contributed by atoms with Crippen molar-refractivity contribution in [1.29, 1.82) is 0 Å². The van der Waals surface area contributed by atoms with Crippen molar-refractivity contribution < 1.29 is 10.2 Å². The van der Waals surface area contributed by atoms with E-state index >= 15 is 0 Å². The van der Waals surface area contributed by atoms with Crippen molar-refractivity contribution in [2.45, 2.75) is 58.8 Å². The van der Waals surface area contributed by atoms with Crippen LogP contribution in [0.1, 0.15) is 64.7 Å². The van der Waals surface area contributed by atoms with Crippen LogP contribution in [0.15, 0.2) is 41.4 Å². The fourth-order valence-electron chi connectivity index (χ4n) is 2.52. The van der Waals surface area contributed by atoms with Crippen molar-refractivity contribution in [2.75, 3.05) is 0 Å². The average molecular weight is 339 g/mol.